The van der Waals surface area contributed by atoms with E-state index in [1.807, 2.05) is 18.3 Å². The van der Waals surface area contributed by atoms with Crippen molar-refractivity contribution in [2.45, 2.75) is 13.3 Å². The molecular formula is C14H19N3. The first kappa shape index (κ1) is 11.6. The van der Waals surface area contributed by atoms with Crippen LogP contribution in [0.3, 0.4) is 0 Å². The van der Waals surface area contributed by atoms with Crippen molar-refractivity contribution < 1.29 is 0 Å². The lowest BCUT2D eigenvalue weighted by Gasteiger charge is -2.21. The Kier molecular flexibility index (Phi) is 3.38. The van der Waals surface area contributed by atoms with E-state index in [1.54, 1.807) is 0 Å². The largest absolute Gasteiger partial charge is 0.397 e. The van der Waals surface area contributed by atoms with Gasteiger partial charge in [0.1, 0.15) is 0 Å². The lowest BCUT2D eigenvalue weighted by molar-refractivity contribution is 0.859. The highest BCUT2D eigenvalue weighted by molar-refractivity contribution is 5.68. The second kappa shape index (κ2) is 4.95. The smallest absolute Gasteiger partial charge is 0.0597 e. The molecule has 0 unspecified atom stereocenters. The van der Waals surface area contributed by atoms with Gasteiger partial charge in [0.2, 0.25) is 0 Å². The van der Waals surface area contributed by atoms with Crippen LogP contribution < -0.4 is 10.6 Å². The van der Waals surface area contributed by atoms with Crippen LogP contribution in [0.25, 0.3) is 0 Å². The van der Waals surface area contributed by atoms with Crippen LogP contribution in [0, 0.1) is 6.92 Å². The van der Waals surface area contributed by atoms with Gasteiger partial charge in [-0.3, -0.25) is 0 Å². The lowest BCUT2D eigenvalue weighted by Crippen LogP contribution is -2.21. The minimum absolute atomic E-state index is 0.846. The van der Waals surface area contributed by atoms with Crippen LogP contribution in [0.4, 0.5) is 11.4 Å². The average Bonchev–Trinajstić information content (AvgIpc) is 2.78. The van der Waals surface area contributed by atoms with E-state index in [9.17, 15) is 0 Å². The molecule has 1 aromatic heterocycles. The minimum atomic E-state index is 0.846. The van der Waals surface area contributed by atoms with E-state index >= 15 is 0 Å². The first-order valence-corrected chi connectivity index (χ1v) is 5.86. The molecule has 0 saturated carbocycles. The van der Waals surface area contributed by atoms with Crippen LogP contribution in [-0.2, 0) is 6.42 Å². The highest BCUT2D eigenvalue weighted by atomic mass is 15.1. The van der Waals surface area contributed by atoms with E-state index in [1.165, 1.54) is 11.3 Å². The Bertz CT molecular complexity index is 474. The molecule has 3 nitrogen and oxygen atoms in total. The van der Waals surface area contributed by atoms with Crippen molar-refractivity contribution >= 4 is 11.4 Å². The van der Waals surface area contributed by atoms with E-state index in [-0.39, 0.29) is 0 Å². The van der Waals surface area contributed by atoms with Gasteiger partial charge >= 0.3 is 0 Å². The average molecular weight is 229 g/mol. The quantitative estimate of drug-likeness (QED) is 0.791. The normalized spacial score (nSPS) is 10.5. The van der Waals surface area contributed by atoms with Gasteiger partial charge in [-0.05, 0) is 36.8 Å². The Morgan fingerprint density at radius 3 is 2.76 bits per heavy atom. The number of hydrogen-bond donors (Lipinski definition) is 2. The van der Waals surface area contributed by atoms with Crippen molar-refractivity contribution in [3.8, 4) is 0 Å². The number of likely N-dealkylation sites (N-methyl/N-ethyl adjacent to an activating group) is 1. The van der Waals surface area contributed by atoms with E-state index in [2.05, 4.69) is 42.1 Å². The van der Waals surface area contributed by atoms with Gasteiger partial charge in [0.15, 0.2) is 0 Å². The zero-order valence-electron chi connectivity index (χ0n) is 10.4. The Morgan fingerprint density at radius 1 is 1.29 bits per heavy atom. The van der Waals surface area contributed by atoms with Gasteiger partial charge < -0.3 is 15.6 Å². The second-order valence-corrected chi connectivity index (χ2v) is 4.43. The predicted molar refractivity (Wildman–Crippen MR) is 73.4 cm³/mol. The first-order valence-electron chi connectivity index (χ1n) is 5.86. The fraction of sp³-hybridized carbons (Fsp3) is 0.286. The SMILES string of the molecule is Cc1ccc(N(C)CCc2ccc[nH]2)c(N)c1. The van der Waals surface area contributed by atoms with Crippen molar-refractivity contribution in [1.29, 1.82) is 0 Å². The molecule has 3 N–H and O–H groups in total. The van der Waals surface area contributed by atoms with Crippen molar-refractivity contribution in [3.05, 3.63) is 47.8 Å². The highest BCUT2D eigenvalue weighted by Gasteiger charge is 2.05. The summed E-state index contributed by atoms with van der Waals surface area (Å²) in [5, 5.41) is 0. The molecule has 17 heavy (non-hydrogen) atoms. The first-order chi connectivity index (χ1) is 8.16. The Hall–Kier alpha value is -1.90. The molecule has 0 fully saturated rings. The summed E-state index contributed by atoms with van der Waals surface area (Å²) >= 11 is 0. The number of hydrogen-bond acceptors (Lipinski definition) is 2. The third-order valence-electron chi connectivity index (χ3n) is 2.97. The number of nitrogen functional groups attached to an aromatic ring is 1. The molecule has 0 aliphatic heterocycles. The molecule has 1 heterocycles. The topological polar surface area (TPSA) is 45.0 Å². The maximum Gasteiger partial charge on any atom is 0.0597 e. The second-order valence-electron chi connectivity index (χ2n) is 4.43. The third kappa shape index (κ3) is 2.81. The zero-order valence-corrected chi connectivity index (χ0v) is 10.4. The maximum atomic E-state index is 6.02. The molecule has 0 radical (unpaired) electrons. The van der Waals surface area contributed by atoms with Crippen molar-refractivity contribution in [3.63, 3.8) is 0 Å². The zero-order chi connectivity index (χ0) is 12.3. The number of H-pyrrole nitrogens is 1. The van der Waals surface area contributed by atoms with Crippen LogP contribution in [-0.4, -0.2) is 18.6 Å². The number of nitrogens with two attached hydrogens (primary N) is 1. The minimum Gasteiger partial charge on any atom is -0.397 e. The summed E-state index contributed by atoms with van der Waals surface area (Å²) in [6.45, 7) is 3.01. The summed E-state index contributed by atoms with van der Waals surface area (Å²) in [5.74, 6) is 0. The monoisotopic (exact) mass is 229 g/mol. The summed E-state index contributed by atoms with van der Waals surface area (Å²) in [5.41, 5.74) is 10.4. The van der Waals surface area contributed by atoms with Gasteiger partial charge in [0.05, 0.1) is 11.4 Å². The Labute approximate surface area is 102 Å². The molecule has 3 heteroatoms. The molecule has 1 aromatic carbocycles. The maximum absolute atomic E-state index is 6.02. The molecule has 0 bridgehead atoms. The molecule has 0 spiro atoms. The fourth-order valence-electron chi connectivity index (χ4n) is 1.95. The fourth-order valence-corrected chi connectivity index (χ4v) is 1.95. The van der Waals surface area contributed by atoms with E-state index in [0.29, 0.717) is 0 Å². The summed E-state index contributed by atoms with van der Waals surface area (Å²) in [4.78, 5) is 5.40. The molecule has 0 atom stereocenters. The summed E-state index contributed by atoms with van der Waals surface area (Å²) in [6, 6.07) is 10.3. The van der Waals surface area contributed by atoms with E-state index < -0.39 is 0 Å². The number of nitrogens with one attached hydrogen (secondary N) is 1. The third-order valence-corrected chi connectivity index (χ3v) is 2.97. The van der Waals surface area contributed by atoms with Crippen LogP contribution in [0.5, 0.6) is 0 Å². The van der Waals surface area contributed by atoms with Crippen molar-refractivity contribution in [1.82, 2.24) is 4.98 Å². The molecule has 2 rings (SSSR count). The number of aromatic amines is 1. The van der Waals surface area contributed by atoms with Gasteiger partial charge in [0, 0.05) is 31.9 Å². The Balaban J connectivity index is 2.01. The van der Waals surface area contributed by atoms with Crippen molar-refractivity contribution in [2.24, 2.45) is 0 Å². The number of nitrogens with zero attached hydrogens (tertiary/aromatic N) is 1. The lowest BCUT2D eigenvalue weighted by atomic mass is 10.1. The molecule has 0 saturated heterocycles. The van der Waals surface area contributed by atoms with Gasteiger partial charge in [-0.15, -0.1) is 0 Å². The number of aromatic nitrogens is 1. The van der Waals surface area contributed by atoms with E-state index in [4.69, 9.17) is 5.73 Å². The highest BCUT2D eigenvalue weighted by Crippen LogP contribution is 2.23. The number of aryl methyl sites for hydroxylation is 1. The molecule has 0 aliphatic carbocycles. The predicted octanol–water partition coefficient (Wildman–Crippen LogP) is 2.58. The number of benzene rings is 1. The summed E-state index contributed by atoms with van der Waals surface area (Å²) in [7, 11) is 2.07. The standard InChI is InChI=1S/C14H19N3/c1-11-5-6-14(13(15)10-11)17(2)9-7-12-4-3-8-16-12/h3-6,8,10,16H,7,9,15H2,1-2H3. The number of anilines is 2. The van der Waals surface area contributed by atoms with Crippen molar-refractivity contribution in [2.75, 3.05) is 24.2 Å². The van der Waals surface area contributed by atoms with Gasteiger partial charge in [-0.2, -0.15) is 0 Å². The summed E-state index contributed by atoms with van der Waals surface area (Å²) in [6.07, 6.45) is 2.95. The number of rotatable bonds is 4. The van der Waals surface area contributed by atoms with Crippen LogP contribution in [0.15, 0.2) is 36.5 Å². The molecule has 90 valence electrons. The summed E-state index contributed by atoms with van der Waals surface area (Å²) < 4.78 is 0. The van der Waals surface area contributed by atoms with Crippen LogP contribution in [0.1, 0.15) is 11.3 Å². The molecular weight excluding hydrogens is 210 g/mol. The van der Waals surface area contributed by atoms with Gasteiger partial charge in [-0.1, -0.05) is 6.07 Å². The molecule has 2 aromatic rings. The Morgan fingerprint density at radius 2 is 2.12 bits per heavy atom. The molecule has 0 amide bonds. The van der Waals surface area contributed by atoms with Crippen LogP contribution in [0.2, 0.25) is 0 Å². The molecule has 0 aliphatic rings. The van der Waals surface area contributed by atoms with E-state index in [0.717, 1.165) is 24.3 Å². The van der Waals surface area contributed by atoms with Gasteiger partial charge in [-0.25, -0.2) is 0 Å². The van der Waals surface area contributed by atoms with Gasteiger partial charge in [0.25, 0.3) is 0 Å². The van der Waals surface area contributed by atoms with Crippen LogP contribution >= 0.6 is 0 Å².